The van der Waals surface area contributed by atoms with Crippen molar-refractivity contribution in [1.29, 1.82) is 0 Å². The summed E-state index contributed by atoms with van der Waals surface area (Å²) < 4.78 is 0. The fourth-order valence-corrected chi connectivity index (χ4v) is 2.58. The number of hydrogen-bond acceptors (Lipinski definition) is 4. The molecule has 0 saturated heterocycles. The molecule has 2 aromatic rings. The van der Waals surface area contributed by atoms with Gasteiger partial charge in [0.15, 0.2) is 0 Å². The Balaban J connectivity index is 1.85. The van der Waals surface area contributed by atoms with Crippen LogP contribution >= 0.6 is 0 Å². The number of nitrogens with zero attached hydrogens (tertiary/aromatic N) is 3. The van der Waals surface area contributed by atoms with Gasteiger partial charge >= 0.3 is 0 Å². The highest BCUT2D eigenvalue weighted by atomic mass is 15.2. The van der Waals surface area contributed by atoms with Gasteiger partial charge in [-0.3, -0.25) is 0 Å². The van der Waals surface area contributed by atoms with Gasteiger partial charge in [0.05, 0.1) is 0 Å². The molecule has 1 aromatic heterocycles. The van der Waals surface area contributed by atoms with Crippen molar-refractivity contribution >= 4 is 11.5 Å². The maximum atomic E-state index is 6.09. The molecule has 0 unspecified atom stereocenters. The second-order valence-electron chi connectivity index (χ2n) is 5.68. The first-order valence-corrected chi connectivity index (χ1v) is 7.69. The van der Waals surface area contributed by atoms with Crippen molar-refractivity contribution in [2.75, 3.05) is 10.6 Å². The quantitative estimate of drug-likeness (QED) is 0.827. The van der Waals surface area contributed by atoms with Gasteiger partial charge in [-0.2, -0.15) is 0 Å². The van der Waals surface area contributed by atoms with Gasteiger partial charge < -0.3 is 10.6 Å². The minimum absolute atomic E-state index is 0.592. The largest absolute Gasteiger partial charge is 0.398 e. The normalized spacial score (nSPS) is 14.1. The molecule has 0 aliphatic heterocycles. The molecule has 110 valence electrons. The van der Waals surface area contributed by atoms with Gasteiger partial charge in [0.25, 0.3) is 0 Å². The Morgan fingerprint density at radius 2 is 2.05 bits per heavy atom. The summed E-state index contributed by atoms with van der Waals surface area (Å²) in [5, 5.41) is 0. The summed E-state index contributed by atoms with van der Waals surface area (Å²) in [5.41, 5.74) is 9.22. The SMILES string of the molecule is CCCc1cc(N(Cc2ccccc2N)C2CC2)ncn1. The van der Waals surface area contributed by atoms with E-state index in [0.29, 0.717) is 6.04 Å². The van der Waals surface area contributed by atoms with Gasteiger partial charge in [-0.15, -0.1) is 0 Å². The first-order valence-electron chi connectivity index (χ1n) is 7.69. The van der Waals surface area contributed by atoms with Crippen LogP contribution in [0.4, 0.5) is 11.5 Å². The summed E-state index contributed by atoms with van der Waals surface area (Å²) in [7, 11) is 0. The number of benzene rings is 1. The van der Waals surface area contributed by atoms with Gasteiger partial charge in [-0.05, 0) is 30.9 Å². The molecule has 3 rings (SSSR count). The second kappa shape index (κ2) is 6.12. The molecule has 1 aliphatic rings. The molecule has 21 heavy (non-hydrogen) atoms. The molecule has 0 bridgehead atoms. The van der Waals surface area contributed by atoms with E-state index in [9.17, 15) is 0 Å². The summed E-state index contributed by atoms with van der Waals surface area (Å²) >= 11 is 0. The van der Waals surface area contributed by atoms with E-state index in [0.717, 1.165) is 36.6 Å². The summed E-state index contributed by atoms with van der Waals surface area (Å²) in [5.74, 6) is 1.03. The van der Waals surface area contributed by atoms with Gasteiger partial charge in [0, 0.05) is 30.0 Å². The van der Waals surface area contributed by atoms with E-state index in [4.69, 9.17) is 5.73 Å². The van der Waals surface area contributed by atoms with Crippen molar-refractivity contribution < 1.29 is 0 Å². The summed E-state index contributed by atoms with van der Waals surface area (Å²) in [4.78, 5) is 11.2. The molecule has 0 radical (unpaired) electrons. The number of nitrogen functional groups attached to an aromatic ring is 1. The zero-order chi connectivity index (χ0) is 14.7. The molecule has 0 amide bonds. The zero-order valence-electron chi connectivity index (χ0n) is 12.5. The molecule has 0 spiro atoms. The minimum atomic E-state index is 0.592. The Morgan fingerprint density at radius 3 is 2.76 bits per heavy atom. The van der Waals surface area contributed by atoms with Crippen LogP contribution in [0.25, 0.3) is 0 Å². The number of para-hydroxylation sites is 1. The third-order valence-corrected chi connectivity index (χ3v) is 3.89. The Labute approximate surface area is 126 Å². The van der Waals surface area contributed by atoms with E-state index in [1.165, 1.54) is 18.4 Å². The first kappa shape index (κ1) is 13.9. The zero-order valence-corrected chi connectivity index (χ0v) is 12.5. The average molecular weight is 282 g/mol. The number of aromatic nitrogens is 2. The number of aryl methyl sites for hydroxylation is 1. The number of anilines is 2. The molecule has 1 aliphatic carbocycles. The Morgan fingerprint density at radius 1 is 1.24 bits per heavy atom. The van der Waals surface area contributed by atoms with Crippen LogP contribution in [-0.2, 0) is 13.0 Å². The lowest BCUT2D eigenvalue weighted by molar-refractivity contribution is 0.769. The van der Waals surface area contributed by atoms with E-state index < -0.39 is 0 Å². The monoisotopic (exact) mass is 282 g/mol. The highest BCUT2D eigenvalue weighted by Crippen LogP contribution is 2.32. The maximum Gasteiger partial charge on any atom is 0.132 e. The highest BCUT2D eigenvalue weighted by Gasteiger charge is 2.30. The molecular formula is C17H22N4. The van der Waals surface area contributed by atoms with Crippen molar-refractivity contribution in [2.24, 2.45) is 0 Å². The molecule has 1 saturated carbocycles. The summed E-state index contributed by atoms with van der Waals surface area (Å²) in [6.45, 7) is 2.99. The van der Waals surface area contributed by atoms with Gasteiger partial charge in [-0.1, -0.05) is 31.5 Å². The van der Waals surface area contributed by atoms with Crippen LogP contribution in [-0.4, -0.2) is 16.0 Å². The lowest BCUT2D eigenvalue weighted by atomic mass is 10.1. The predicted octanol–water partition coefficient (Wildman–Crippen LogP) is 3.18. The number of nitrogens with two attached hydrogens (primary N) is 1. The van der Waals surface area contributed by atoms with E-state index in [-0.39, 0.29) is 0 Å². The summed E-state index contributed by atoms with van der Waals surface area (Å²) in [6.07, 6.45) is 6.26. The van der Waals surface area contributed by atoms with Crippen LogP contribution in [0.5, 0.6) is 0 Å². The third-order valence-electron chi connectivity index (χ3n) is 3.89. The number of rotatable bonds is 6. The second-order valence-corrected chi connectivity index (χ2v) is 5.68. The lowest BCUT2D eigenvalue weighted by Gasteiger charge is -2.24. The number of hydrogen-bond donors (Lipinski definition) is 1. The molecule has 1 fully saturated rings. The standard InChI is InChI=1S/C17H22N4/c1-2-5-14-10-17(20-12-19-14)21(15-8-9-15)11-13-6-3-4-7-16(13)18/h3-4,6-7,10,12,15H,2,5,8-9,11,18H2,1H3. The van der Waals surface area contributed by atoms with E-state index in [1.807, 2.05) is 18.2 Å². The van der Waals surface area contributed by atoms with E-state index in [2.05, 4.69) is 33.9 Å². The van der Waals surface area contributed by atoms with Crippen LogP contribution in [0.3, 0.4) is 0 Å². The topological polar surface area (TPSA) is 55.0 Å². The maximum absolute atomic E-state index is 6.09. The predicted molar refractivity (Wildman–Crippen MR) is 86.1 cm³/mol. The lowest BCUT2D eigenvalue weighted by Crippen LogP contribution is -2.26. The van der Waals surface area contributed by atoms with Gasteiger partial charge in [0.2, 0.25) is 0 Å². The molecular weight excluding hydrogens is 260 g/mol. The van der Waals surface area contributed by atoms with Crippen molar-refractivity contribution in [3.05, 3.63) is 47.9 Å². The molecule has 4 heteroatoms. The van der Waals surface area contributed by atoms with Crippen molar-refractivity contribution in [1.82, 2.24) is 9.97 Å². The van der Waals surface area contributed by atoms with E-state index >= 15 is 0 Å². The minimum Gasteiger partial charge on any atom is -0.398 e. The fraction of sp³-hybridized carbons (Fsp3) is 0.412. The van der Waals surface area contributed by atoms with Crippen LogP contribution in [0, 0.1) is 0 Å². The van der Waals surface area contributed by atoms with E-state index in [1.54, 1.807) is 6.33 Å². The molecule has 4 nitrogen and oxygen atoms in total. The smallest absolute Gasteiger partial charge is 0.132 e. The van der Waals surface area contributed by atoms with Crippen molar-refractivity contribution in [3.63, 3.8) is 0 Å². The molecule has 2 N–H and O–H groups in total. The van der Waals surface area contributed by atoms with Crippen molar-refractivity contribution in [2.45, 2.75) is 45.2 Å². The Kier molecular flexibility index (Phi) is 4.04. The van der Waals surface area contributed by atoms with Gasteiger partial charge in [0.1, 0.15) is 12.1 Å². The fourth-order valence-electron chi connectivity index (χ4n) is 2.58. The molecule has 1 aromatic carbocycles. The summed E-state index contributed by atoms with van der Waals surface area (Å²) in [6, 6.07) is 10.8. The average Bonchev–Trinajstić information content (AvgIpc) is 3.32. The Bertz CT molecular complexity index is 607. The first-order chi connectivity index (χ1) is 10.3. The van der Waals surface area contributed by atoms with Crippen LogP contribution in [0.15, 0.2) is 36.7 Å². The van der Waals surface area contributed by atoms with Crippen LogP contribution in [0.2, 0.25) is 0 Å². The van der Waals surface area contributed by atoms with Gasteiger partial charge in [-0.25, -0.2) is 9.97 Å². The third kappa shape index (κ3) is 3.32. The van der Waals surface area contributed by atoms with Crippen LogP contribution < -0.4 is 10.6 Å². The highest BCUT2D eigenvalue weighted by molar-refractivity contribution is 5.51. The van der Waals surface area contributed by atoms with Crippen LogP contribution in [0.1, 0.15) is 37.4 Å². The molecule has 0 atom stereocenters. The molecule has 1 heterocycles. The van der Waals surface area contributed by atoms with Crippen molar-refractivity contribution in [3.8, 4) is 0 Å². The Hall–Kier alpha value is -2.10.